The summed E-state index contributed by atoms with van der Waals surface area (Å²) in [6.07, 6.45) is -5.25. The summed E-state index contributed by atoms with van der Waals surface area (Å²) in [4.78, 5) is 79.8. The Morgan fingerprint density at radius 2 is 1.10 bits per heavy atom. The van der Waals surface area contributed by atoms with E-state index in [0.29, 0.717) is 0 Å². The number of aromatic nitrogens is 2. The first kappa shape index (κ1) is 34.3. The summed E-state index contributed by atoms with van der Waals surface area (Å²) in [5.74, 6) is -5.04. The number of nitrogens with zero attached hydrogens (tertiary/aromatic N) is 2. The SMILES string of the molecule is O=C(OC[C@H]1O[C@H](n2ccc(=O)n(C(=O)c3ccc(F)cc3)c2=O)[C@H](OC(=O)c2ccccc2)[C@H]1OC(=O)c1ccccc1)c1ccc(F)cc1. The van der Waals surface area contributed by atoms with Crippen LogP contribution in [0.15, 0.2) is 131 Å². The lowest BCUT2D eigenvalue weighted by Crippen LogP contribution is -2.47. The van der Waals surface area contributed by atoms with Gasteiger partial charge in [-0.15, -0.1) is 0 Å². The fourth-order valence-electron chi connectivity index (χ4n) is 5.29. The van der Waals surface area contributed by atoms with Gasteiger partial charge in [0, 0.05) is 17.8 Å². The molecule has 0 bridgehead atoms. The molecule has 258 valence electrons. The van der Waals surface area contributed by atoms with Gasteiger partial charge in [0.2, 0.25) is 0 Å². The number of halogens is 2. The molecule has 0 amide bonds. The molecule has 5 aromatic rings. The molecule has 1 aliphatic rings. The second-order valence-corrected chi connectivity index (χ2v) is 11.1. The van der Waals surface area contributed by atoms with Gasteiger partial charge in [-0.05, 0) is 72.8 Å². The molecule has 1 fully saturated rings. The number of carbonyl (C=O) groups is 4. The Labute approximate surface area is 287 Å². The zero-order chi connectivity index (χ0) is 36.1. The van der Waals surface area contributed by atoms with Crippen molar-refractivity contribution in [2.24, 2.45) is 0 Å². The molecule has 12 nitrogen and oxygen atoms in total. The Kier molecular flexibility index (Phi) is 10.0. The van der Waals surface area contributed by atoms with Gasteiger partial charge in [-0.3, -0.25) is 14.2 Å². The first-order valence-corrected chi connectivity index (χ1v) is 15.4. The fraction of sp³-hybridized carbons (Fsp3) is 0.135. The van der Waals surface area contributed by atoms with Crippen LogP contribution in [0.2, 0.25) is 0 Å². The van der Waals surface area contributed by atoms with E-state index in [1.54, 1.807) is 36.4 Å². The van der Waals surface area contributed by atoms with Crippen molar-refractivity contribution in [2.75, 3.05) is 6.61 Å². The van der Waals surface area contributed by atoms with E-state index in [9.17, 15) is 37.5 Å². The molecule has 6 rings (SSSR count). The lowest BCUT2D eigenvalue weighted by Gasteiger charge is -2.25. The van der Waals surface area contributed by atoms with Crippen LogP contribution in [0.5, 0.6) is 0 Å². The average molecular weight is 697 g/mol. The molecule has 51 heavy (non-hydrogen) atoms. The first-order chi connectivity index (χ1) is 24.6. The minimum absolute atomic E-state index is 0.0153. The highest BCUT2D eigenvalue weighted by atomic mass is 19.1. The topological polar surface area (TPSA) is 149 Å². The lowest BCUT2D eigenvalue weighted by atomic mass is 10.1. The summed E-state index contributed by atoms with van der Waals surface area (Å²) in [7, 11) is 0. The van der Waals surface area contributed by atoms with Crippen molar-refractivity contribution in [2.45, 2.75) is 24.5 Å². The van der Waals surface area contributed by atoms with Gasteiger partial charge in [0.1, 0.15) is 24.3 Å². The molecular formula is C37H26F2N2O10. The van der Waals surface area contributed by atoms with Gasteiger partial charge < -0.3 is 18.9 Å². The normalized spacial score (nSPS) is 18.1. The fourth-order valence-corrected chi connectivity index (χ4v) is 5.29. The molecule has 0 aliphatic carbocycles. The maximum Gasteiger partial charge on any atom is 0.340 e. The zero-order valence-corrected chi connectivity index (χ0v) is 26.3. The number of carbonyl (C=O) groups excluding carboxylic acids is 4. The van der Waals surface area contributed by atoms with Crippen LogP contribution in [0.1, 0.15) is 47.7 Å². The van der Waals surface area contributed by atoms with Gasteiger partial charge in [-0.2, -0.15) is 4.57 Å². The highest BCUT2D eigenvalue weighted by Gasteiger charge is 2.52. The monoisotopic (exact) mass is 696 g/mol. The Hall–Kier alpha value is -6.54. The predicted octanol–water partition coefficient (Wildman–Crippen LogP) is 4.18. The third kappa shape index (κ3) is 7.55. The van der Waals surface area contributed by atoms with Crippen LogP contribution in [0.3, 0.4) is 0 Å². The van der Waals surface area contributed by atoms with Gasteiger partial charge in [-0.25, -0.2) is 28.0 Å². The van der Waals surface area contributed by atoms with Crippen LogP contribution in [-0.4, -0.2) is 57.9 Å². The van der Waals surface area contributed by atoms with Gasteiger partial charge in [0.15, 0.2) is 18.4 Å². The molecule has 0 radical (unpaired) electrons. The smallest absolute Gasteiger partial charge is 0.340 e. The molecule has 4 aromatic carbocycles. The molecule has 2 heterocycles. The molecule has 4 atom stereocenters. The highest BCUT2D eigenvalue weighted by molar-refractivity contribution is 5.95. The number of ether oxygens (including phenoxy) is 4. The predicted molar refractivity (Wildman–Crippen MR) is 173 cm³/mol. The van der Waals surface area contributed by atoms with E-state index in [1.807, 2.05) is 0 Å². The molecular weight excluding hydrogens is 670 g/mol. The van der Waals surface area contributed by atoms with Crippen molar-refractivity contribution in [1.29, 1.82) is 0 Å². The minimum Gasteiger partial charge on any atom is -0.459 e. The van der Waals surface area contributed by atoms with Crippen molar-refractivity contribution in [3.63, 3.8) is 0 Å². The summed E-state index contributed by atoms with van der Waals surface area (Å²) >= 11 is 0. The zero-order valence-electron chi connectivity index (χ0n) is 26.3. The van der Waals surface area contributed by atoms with Gasteiger partial charge in [0.05, 0.1) is 16.7 Å². The van der Waals surface area contributed by atoms with E-state index in [0.717, 1.165) is 53.2 Å². The molecule has 1 aliphatic heterocycles. The maximum atomic E-state index is 13.9. The second kappa shape index (κ2) is 14.9. The van der Waals surface area contributed by atoms with Crippen LogP contribution < -0.4 is 11.2 Å². The first-order valence-electron chi connectivity index (χ1n) is 15.4. The molecule has 0 spiro atoms. The highest BCUT2D eigenvalue weighted by Crippen LogP contribution is 2.35. The van der Waals surface area contributed by atoms with Crippen molar-refractivity contribution < 1.29 is 46.9 Å². The van der Waals surface area contributed by atoms with E-state index in [4.69, 9.17) is 18.9 Å². The van der Waals surface area contributed by atoms with E-state index in [1.165, 1.54) is 36.4 Å². The van der Waals surface area contributed by atoms with Crippen LogP contribution in [0.4, 0.5) is 8.78 Å². The quantitative estimate of drug-likeness (QED) is 0.162. The van der Waals surface area contributed by atoms with E-state index in [2.05, 4.69) is 0 Å². The largest absolute Gasteiger partial charge is 0.459 e. The van der Waals surface area contributed by atoms with Crippen molar-refractivity contribution in [3.8, 4) is 0 Å². The third-order valence-electron chi connectivity index (χ3n) is 7.83. The van der Waals surface area contributed by atoms with E-state index >= 15 is 0 Å². The molecule has 0 saturated carbocycles. The number of benzene rings is 4. The van der Waals surface area contributed by atoms with Crippen molar-refractivity contribution in [3.05, 3.63) is 176 Å². The standard InChI is InChI=1S/C37H26F2N2O10/c38-26-15-11-22(12-16-26)32(43)41-29(42)19-20-40(37(41)47)33-31(51-36(46)24-9-5-2-6-10-24)30(50-35(45)23-7-3-1-4-8-23)28(49-33)21-48-34(44)25-13-17-27(39)18-14-25/h1-20,28,30-31,33H,21H2/t28-,30+,31-,33+/m1/s1. The Morgan fingerprint density at radius 1 is 0.608 bits per heavy atom. The second-order valence-electron chi connectivity index (χ2n) is 11.1. The van der Waals surface area contributed by atoms with Crippen molar-refractivity contribution in [1.82, 2.24) is 9.13 Å². The van der Waals surface area contributed by atoms with Gasteiger partial charge >= 0.3 is 23.6 Å². The average Bonchev–Trinajstić information content (AvgIpc) is 3.47. The molecule has 0 unspecified atom stereocenters. The number of hydrogen-bond acceptors (Lipinski definition) is 10. The van der Waals surface area contributed by atoms with Crippen molar-refractivity contribution >= 4 is 23.8 Å². The summed E-state index contributed by atoms with van der Waals surface area (Å²) in [6.45, 7) is -0.623. The summed E-state index contributed by atoms with van der Waals surface area (Å²) in [5, 5.41) is 0. The number of esters is 3. The van der Waals surface area contributed by atoms with E-state index in [-0.39, 0.29) is 26.8 Å². The van der Waals surface area contributed by atoms with Crippen LogP contribution in [0, 0.1) is 11.6 Å². The van der Waals surface area contributed by atoms with Crippen LogP contribution in [-0.2, 0) is 18.9 Å². The van der Waals surface area contributed by atoms with E-state index < -0.39 is 77.8 Å². The lowest BCUT2D eigenvalue weighted by molar-refractivity contribution is -0.0643. The summed E-state index contributed by atoms with van der Waals surface area (Å²) in [6, 6.07) is 25.0. The summed E-state index contributed by atoms with van der Waals surface area (Å²) < 4.78 is 51.3. The maximum absolute atomic E-state index is 13.9. The minimum atomic E-state index is -1.67. The molecule has 1 aromatic heterocycles. The summed E-state index contributed by atoms with van der Waals surface area (Å²) in [5.41, 5.74) is -2.28. The Bertz CT molecular complexity index is 2190. The Morgan fingerprint density at radius 3 is 1.65 bits per heavy atom. The number of hydrogen-bond donors (Lipinski definition) is 0. The van der Waals surface area contributed by atoms with Gasteiger partial charge in [0.25, 0.3) is 11.5 Å². The van der Waals surface area contributed by atoms with Crippen LogP contribution in [0.25, 0.3) is 0 Å². The molecule has 1 saturated heterocycles. The Balaban J connectivity index is 1.41. The van der Waals surface area contributed by atoms with Gasteiger partial charge in [-0.1, -0.05) is 36.4 Å². The molecule has 0 N–H and O–H groups in total. The molecule has 14 heteroatoms. The third-order valence-corrected chi connectivity index (χ3v) is 7.83. The van der Waals surface area contributed by atoms with Crippen LogP contribution >= 0.6 is 0 Å². The number of rotatable bonds is 9.